The average molecular weight is 444 g/mol. The summed E-state index contributed by atoms with van der Waals surface area (Å²) >= 11 is 0. The first-order valence-corrected chi connectivity index (χ1v) is 11.1. The second kappa shape index (κ2) is 10.2. The third-order valence-corrected chi connectivity index (χ3v) is 5.53. The van der Waals surface area contributed by atoms with Crippen LogP contribution in [0.3, 0.4) is 0 Å². The molecule has 0 bridgehead atoms. The molecule has 0 aliphatic carbocycles. The monoisotopic (exact) mass is 443 g/mol. The third kappa shape index (κ3) is 5.34. The zero-order valence-electron chi connectivity index (χ0n) is 19.2. The Morgan fingerprint density at radius 2 is 1.64 bits per heavy atom. The number of carbonyl (C=O) groups excluding carboxylic acids is 1. The fourth-order valence-corrected chi connectivity index (χ4v) is 3.94. The summed E-state index contributed by atoms with van der Waals surface area (Å²) in [6, 6.07) is 23.1. The molecule has 1 atom stereocenters. The molecule has 0 aliphatic rings. The second-order valence-corrected chi connectivity index (χ2v) is 8.07. The quantitative estimate of drug-likeness (QED) is 0.396. The number of ether oxygens (including phenoxy) is 2. The van der Waals surface area contributed by atoms with E-state index in [1.54, 1.807) is 0 Å². The first-order valence-electron chi connectivity index (χ1n) is 11.1. The topological polar surface area (TPSA) is 65.4 Å². The third-order valence-electron chi connectivity index (χ3n) is 5.53. The predicted octanol–water partition coefficient (Wildman–Crippen LogP) is 4.99. The number of imidazole rings is 1. The molecule has 1 amide bonds. The van der Waals surface area contributed by atoms with E-state index in [2.05, 4.69) is 35.9 Å². The summed E-state index contributed by atoms with van der Waals surface area (Å²) in [5.41, 5.74) is 4.13. The molecular weight excluding hydrogens is 414 g/mol. The van der Waals surface area contributed by atoms with Crippen molar-refractivity contribution in [3.63, 3.8) is 0 Å². The Balaban J connectivity index is 1.46. The molecule has 1 heterocycles. The first kappa shape index (κ1) is 22.4. The summed E-state index contributed by atoms with van der Waals surface area (Å²) in [6.45, 7) is 7.10. The lowest BCUT2D eigenvalue weighted by molar-refractivity contribution is -0.123. The van der Waals surface area contributed by atoms with Gasteiger partial charge in [-0.2, -0.15) is 0 Å². The normalized spacial score (nSPS) is 11.8. The lowest BCUT2D eigenvalue weighted by Gasteiger charge is -2.18. The Morgan fingerprint density at radius 1 is 0.939 bits per heavy atom. The van der Waals surface area contributed by atoms with E-state index in [-0.39, 0.29) is 18.6 Å². The van der Waals surface area contributed by atoms with Gasteiger partial charge in [-0.15, -0.1) is 0 Å². The number of aryl methyl sites for hydroxylation is 2. The summed E-state index contributed by atoms with van der Waals surface area (Å²) < 4.78 is 13.8. The van der Waals surface area contributed by atoms with Gasteiger partial charge in [0.1, 0.15) is 23.9 Å². The van der Waals surface area contributed by atoms with E-state index in [0.29, 0.717) is 18.9 Å². The molecule has 1 unspecified atom stereocenters. The maximum Gasteiger partial charge on any atom is 0.258 e. The zero-order valence-corrected chi connectivity index (χ0v) is 19.2. The second-order valence-electron chi connectivity index (χ2n) is 8.07. The summed E-state index contributed by atoms with van der Waals surface area (Å²) in [6.07, 6.45) is 0. The van der Waals surface area contributed by atoms with Gasteiger partial charge in [-0.1, -0.05) is 48.5 Å². The van der Waals surface area contributed by atoms with Gasteiger partial charge < -0.3 is 19.4 Å². The van der Waals surface area contributed by atoms with E-state index in [4.69, 9.17) is 14.5 Å². The van der Waals surface area contributed by atoms with Gasteiger partial charge >= 0.3 is 0 Å². The molecule has 4 aromatic rings. The van der Waals surface area contributed by atoms with Gasteiger partial charge in [0, 0.05) is 0 Å². The predicted molar refractivity (Wildman–Crippen MR) is 130 cm³/mol. The minimum atomic E-state index is -0.288. The number of nitrogens with zero attached hydrogens (tertiary/aromatic N) is 2. The highest BCUT2D eigenvalue weighted by Gasteiger charge is 2.19. The van der Waals surface area contributed by atoms with Crippen LogP contribution < -0.4 is 14.8 Å². The van der Waals surface area contributed by atoms with E-state index in [1.165, 1.54) is 0 Å². The maximum atomic E-state index is 12.5. The van der Waals surface area contributed by atoms with E-state index in [0.717, 1.165) is 33.7 Å². The fourth-order valence-electron chi connectivity index (χ4n) is 3.94. The first-order chi connectivity index (χ1) is 16.0. The molecule has 6 heteroatoms. The Labute approximate surface area is 194 Å². The van der Waals surface area contributed by atoms with Crippen LogP contribution in [0.2, 0.25) is 0 Å². The van der Waals surface area contributed by atoms with E-state index in [9.17, 15) is 4.79 Å². The molecule has 0 saturated carbocycles. The number of hydrogen-bond acceptors (Lipinski definition) is 4. The Bertz CT molecular complexity index is 1210. The van der Waals surface area contributed by atoms with Gasteiger partial charge in [-0.25, -0.2) is 4.98 Å². The van der Waals surface area contributed by atoms with Gasteiger partial charge in [0.05, 0.1) is 23.6 Å². The van der Waals surface area contributed by atoms with E-state index >= 15 is 0 Å². The molecule has 0 saturated heterocycles. The number of para-hydroxylation sites is 4. The molecule has 1 aromatic heterocycles. The zero-order chi connectivity index (χ0) is 23.2. The minimum Gasteiger partial charge on any atom is -0.491 e. The highest BCUT2D eigenvalue weighted by atomic mass is 16.5. The molecule has 4 rings (SSSR count). The summed E-state index contributed by atoms with van der Waals surface area (Å²) in [7, 11) is 0. The number of benzene rings is 3. The number of aromatic nitrogens is 2. The standard InChI is InChI=1S/C27H29N3O3/c1-19-10-9-11-20(2)26(19)32-17-16-30-24-15-8-7-14-23(24)29-27(30)21(3)28-25(31)18-33-22-12-5-4-6-13-22/h4-15,21H,16-18H2,1-3H3,(H,28,31). The SMILES string of the molecule is Cc1cccc(C)c1OCCn1c(C(C)NC(=O)COc2ccccc2)nc2ccccc21. The van der Waals surface area contributed by atoms with Crippen LogP contribution in [0.4, 0.5) is 0 Å². The lowest BCUT2D eigenvalue weighted by Crippen LogP contribution is -2.33. The number of carbonyl (C=O) groups is 1. The molecular formula is C27H29N3O3. The van der Waals surface area contributed by atoms with Crippen molar-refractivity contribution in [2.24, 2.45) is 0 Å². The number of amides is 1. The van der Waals surface area contributed by atoms with Crippen LogP contribution in [0.5, 0.6) is 11.5 Å². The van der Waals surface area contributed by atoms with E-state index in [1.807, 2.05) is 67.6 Å². The van der Waals surface area contributed by atoms with Gasteiger partial charge in [0.2, 0.25) is 0 Å². The van der Waals surface area contributed by atoms with Crippen molar-refractivity contribution >= 4 is 16.9 Å². The van der Waals surface area contributed by atoms with Crippen molar-refractivity contribution < 1.29 is 14.3 Å². The molecule has 0 aliphatic heterocycles. The van der Waals surface area contributed by atoms with Crippen LogP contribution in [0, 0.1) is 13.8 Å². The van der Waals surface area contributed by atoms with Crippen molar-refractivity contribution in [2.45, 2.75) is 33.4 Å². The van der Waals surface area contributed by atoms with Gasteiger partial charge in [0.15, 0.2) is 6.61 Å². The van der Waals surface area contributed by atoms with Crippen molar-refractivity contribution in [1.29, 1.82) is 0 Å². The minimum absolute atomic E-state index is 0.0513. The highest BCUT2D eigenvalue weighted by molar-refractivity contribution is 5.79. The van der Waals surface area contributed by atoms with Crippen LogP contribution in [-0.4, -0.2) is 28.7 Å². The average Bonchev–Trinajstić information content (AvgIpc) is 3.19. The summed E-state index contributed by atoms with van der Waals surface area (Å²) in [5.74, 6) is 2.17. The molecule has 0 fully saturated rings. The van der Waals surface area contributed by atoms with Crippen LogP contribution in [-0.2, 0) is 11.3 Å². The Kier molecular flexibility index (Phi) is 6.93. The van der Waals surface area contributed by atoms with Crippen molar-refractivity contribution in [3.8, 4) is 11.5 Å². The molecule has 1 N–H and O–H groups in total. The lowest BCUT2D eigenvalue weighted by atomic mass is 10.1. The number of fused-ring (bicyclic) bond motifs is 1. The van der Waals surface area contributed by atoms with Crippen LogP contribution in [0.1, 0.15) is 29.9 Å². The maximum absolute atomic E-state index is 12.5. The molecule has 0 spiro atoms. The summed E-state index contributed by atoms with van der Waals surface area (Å²) in [4.78, 5) is 17.3. The molecule has 0 radical (unpaired) electrons. The number of rotatable bonds is 9. The van der Waals surface area contributed by atoms with Crippen molar-refractivity contribution in [3.05, 3.63) is 89.7 Å². The highest BCUT2D eigenvalue weighted by Crippen LogP contribution is 2.24. The molecule has 6 nitrogen and oxygen atoms in total. The van der Waals surface area contributed by atoms with Gasteiger partial charge in [-0.05, 0) is 56.2 Å². The Morgan fingerprint density at radius 3 is 2.39 bits per heavy atom. The Hall–Kier alpha value is -3.80. The number of hydrogen-bond donors (Lipinski definition) is 1. The van der Waals surface area contributed by atoms with Crippen LogP contribution in [0.15, 0.2) is 72.8 Å². The molecule has 3 aromatic carbocycles. The van der Waals surface area contributed by atoms with E-state index < -0.39 is 0 Å². The largest absolute Gasteiger partial charge is 0.491 e. The smallest absolute Gasteiger partial charge is 0.258 e. The van der Waals surface area contributed by atoms with Crippen LogP contribution >= 0.6 is 0 Å². The van der Waals surface area contributed by atoms with Gasteiger partial charge in [0.25, 0.3) is 5.91 Å². The van der Waals surface area contributed by atoms with Crippen LogP contribution in [0.25, 0.3) is 11.0 Å². The number of nitrogens with one attached hydrogen (secondary N) is 1. The van der Waals surface area contributed by atoms with Crippen molar-refractivity contribution in [1.82, 2.24) is 14.9 Å². The molecule has 170 valence electrons. The fraction of sp³-hybridized carbons (Fsp3) is 0.259. The van der Waals surface area contributed by atoms with Gasteiger partial charge in [-0.3, -0.25) is 4.79 Å². The van der Waals surface area contributed by atoms with Crippen molar-refractivity contribution in [2.75, 3.05) is 13.2 Å². The summed E-state index contributed by atoms with van der Waals surface area (Å²) in [5, 5.41) is 3.01. The molecule has 33 heavy (non-hydrogen) atoms.